The van der Waals surface area contributed by atoms with E-state index in [4.69, 9.17) is 14.5 Å². The quantitative estimate of drug-likeness (QED) is 0.202. The van der Waals surface area contributed by atoms with Gasteiger partial charge in [-0.3, -0.25) is 4.98 Å². The Hall–Kier alpha value is -2.99. The van der Waals surface area contributed by atoms with Crippen molar-refractivity contribution in [1.82, 2.24) is 15.0 Å². The van der Waals surface area contributed by atoms with Gasteiger partial charge in [0.15, 0.2) is 11.5 Å². The van der Waals surface area contributed by atoms with Crippen LogP contribution in [0.15, 0.2) is 42.7 Å². The lowest BCUT2D eigenvalue weighted by molar-refractivity contribution is 0.260. The van der Waals surface area contributed by atoms with E-state index in [1.165, 1.54) is 19.3 Å². The van der Waals surface area contributed by atoms with Crippen LogP contribution in [0.5, 0.6) is 11.5 Å². The number of hydrogen-bond acceptors (Lipinski definition) is 5. The van der Waals surface area contributed by atoms with Gasteiger partial charge in [-0.1, -0.05) is 39.5 Å². The highest BCUT2D eigenvalue weighted by atomic mass is 35.5. The predicted molar refractivity (Wildman–Crippen MR) is 143 cm³/mol. The zero-order valence-electron chi connectivity index (χ0n) is 20.3. The third-order valence-corrected chi connectivity index (χ3v) is 5.73. The molecule has 0 fully saturated rings. The summed E-state index contributed by atoms with van der Waals surface area (Å²) in [7, 11) is 0. The van der Waals surface area contributed by atoms with Gasteiger partial charge in [0.2, 0.25) is 0 Å². The largest absolute Gasteiger partial charge is 0.490 e. The van der Waals surface area contributed by atoms with Crippen molar-refractivity contribution in [1.29, 1.82) is 0 Å². The molecule has 2 aromatic heterocycles. The van der Waals surface area contributed by atoms with Gasteiger partial charge < -0.3 is 19.8 Å². The van der Waals surface area contributed by atoms with E-state index in [1.54, 1.807) is 6.33 Å². The van der Waals surface area contributed by atoms with Crippen molar-refractivity contribution in [2.75, 3.05) is 18.5 Å². The number of rotatable bonds is 12. The van der Waals surface area contributed by atoms with E-state index in [0.29, 0.717) is 13.2 Å². The SMILES string of the molecule is CCCCCOc1ccc(Nc2cc(C)nc3ccc4nc[nH]c4c23)cc1OCCCCC.Cl. The molecular weight excluding hydrogens is 448 g/mol. The first-order valence-corrected chi connectivity index (χ1v) is 12.1. The van der Waals surface area contributed by atoms with Crippen LogP contribution in [0, 0.1) is 6.92 Å². The maximum absolute atomic E-state index is 6.15. The maximum Gasteiger partial charge on any atom is 0.163 e. The van der Waals surface area contributed by atoms with Gasteiger partial charge in [-0.25, -0.2) is 4.98 Å². The second-order valence-electron chi connectivity index (χ2n) is 8.47. The van der Waals surface area contributed by atoms with Crippen LogP contribution in [0.25, 0.3) is 21.9 Å². The number of halogens is 1. The van der Waals surface area contributed by atoms with E-state index in [9.17, 15) is 0 Å². The minimum Gasteiger partial charge on any atom is -0.490 e. The normalized spacial score (nSPS) is 10.9. The minimum atomic E-state index is 0. The second-order valence-corrected chi connectivity index (χ2v) is 8.47. The molecule has 0 aliphatic carbocycles. The summed E-state index contributed by atoms with van der Waals surface area (Å²) in [6, 6.07) is 12.2. The van der Waals surface area contributed by atoms with Crippen LogP contribution in [0.3, 0.4) is 0 Å². The van der Waals surface area contributed by atoms with E-state index in [2.05, 4.69) is 35.2 Å². The summed E-state index contributed by atoms with van der Waals surface area (Å²) in [4.78, 5) is 12.4. The summed E-state index contributed by atoms with van der Waals surface area (Å²) >= 11 is 0. The number of pyridine rings is 1. The summed E-state index contributed by atoms with van der Waals surface area (Å²) < 4.78 is 12.2. The van der Waals surface area contributed by atoms with Crippen LogP contribution < -0.4 is 14.8 Å². The number of nitrogens with one attached hydrogen (secondary N) is 2. The van der Waals surface area contributed by atoms with E-state index >= 15 is 0 Å². The maximum atomic E-state index is 6.15. The molecule has 34 heavy (non-hydrogen) atoms. The molecule has 4 rings (SSSR count). The Morgan fingerprint density at radius 1 is 0.853 bits per heavy atom. The lowest BCUT2D eigenvalue weighted by Crippen LogP contribution is -2.03. The van der Waals surface area contributed by atoms with Gasteiger partial charge in [0, 0.05) is 22.8 Å². The number of aryl methyl sites for hydroxylation is 1. The highest BCUT2D eigenvalue weighted by Gasteiger charge is 2.12. The number of unbranched alkanes of at least 4 members (excludes halogenated alkanes) is 4. The third-order valence-electron chi connectivity index (χ3n) is 5.73. The zero-order valence-corrected chi connectivity index (χ0v) is 21.1. The molecule has 0 aliphatic heterocycles. The van der Waals surface area contributed by atoms with E-state index in [0.717, 1.165) is 69.8 Å². The highest BCUT2D eigenvalue weighted by Crippen LogP contribution is 2.35. The van der Waals surface area contributed by atoms with Crippen LogP contribution >= 0.6 is 12.4 Å². The molecular formula is C27H35ClN4O2. The van der Waals surface area contributed by atoms with Crippen LogP contribution in [-0.2, 0) is 0 Å². The molecule has 6 nitrogen and oxygen atoms in total. The monoisotopic (exact) mass is 482 g/mol. The molecule has 0 aliphatic rings. The lowest BCUT2D eigenvalue weighted by Gasteiger charge is -2.16. The van der Waals surface area contributed by atoms with Gasteiger partial charge in [-0.15, -0.1) is 12.4 Å². The van der Waals surface area contributed by atoms with Crippen molar-refractivity contribution < 1.29 is 9.47 Å². The summed E-state index contributed by atoms with van der Waals surface area (Å²) in [5, 5.41) is 4.62. The molecule has 0 saturated carbocycles. The smallest absolute Gasteiger partial charge is 0.163 e. The molecule has 7 heteroatoms. The second kappa shape index (κ2) is 12.5. The van der Waals surface area contributed by atoms with Crippen molar-refractivity contribution >= 4 is 45.7 Å². The van der Waals surface area contributed by atoms with Crippen molar-refractivity contribution in [2.24, 2.45) is 0 Å². The van der Waals surface area contributed by atoms with Crippen LogP contribution in [0.2, 0.25) is 0 Å². The molecule has 2 N–H and O–H groups in total. The Bertz CT molecular complexity index is 1210. The van der Waals surface area contributed by atoms with Crippen LogP contribution in [0.4, 0.5) is 11.4 Å². The van der Waals surface area contributed by atoms with Gasteiger partial charge in [-0.2, -0.15) is 0 Å². The molecule has 0 amide bonds. The number of anilines is 2. The molecule has 2 heterocycles. The fourth-order valence-corrected chi connectivity index (χ4v) is 4.01. The number of benzene rings is 2. The summed E-state index contributed by atoms with van der Waals surface area (Å²) in [5.41, 5.74) is 5.73. The van der Waals surface area contributed by atoms with Crippen LogP contribution in [0.1, 0.15) is 58.1 Å². The molecule has 0 atom stereocenters. The summed E-state index contributed by atoms with van der Waals surface area (Å²) in [6.07, 6.45) is 8.48. The van der Waals surface area contributed by atoms with Gasteiger partial charge in [0.25, 0.3) is 0 Å². The topological polar surface area (TPSA) is 72.1 Å². The van der Waals surface area contributed by atoms with Gasteiger partial charge in [0.1, 0.15) is 0 Å². The summed E-state index contributed by atoms with van der Waals surface area (Å²) in [5.74, 6) is 1.59. The minimum absolute atomic E-state index is 0. The average molecular weight is 483 g/mol. The third kappa shape index (κ3) is 6.11. The Morgan fingerprint density at radius 3 is 2.29 bits per heavy atom. The highest BCUT2D eigenvalue weighted by molar-refractivity contribution is 6.10. The molecule has 0 bridgehead atoms. The molecule has 0 unspecified atom stereocenters. The Morgan fingerprint density at radius 2 is 1.56 bits per heavy atom. The first-order valence-electron chi connectivity index (χ1n) is 12.1. The van der Waals surface area contributed by atoms with Crippen molar-refractivity contribution in [3.05, 3.63) is 48.4 Å². The number of imidazole rings is 1. The predicted octanol–water partition coefficient (Wildman–Crippen LogP) is 7.72. The van der Waals surface area contributed by atoms with E-state index in [-0.39, 0.29) is 12.4 Å². The van der Waals surface area contributed by atoms with Gasteiger partial charge in [0.05, 0.1) is 41.8 Å². The molecule has 0 saturated heterocycles. The zero-order chi connectivity index (χ0) is 23.0. The molecule has 0 spiro atoms. The average Bonchev–Trinajstić information content (AvgIpc) is 3.29. The number of aromatic amines is 1. The number of fused-ring (bicyclic) bond motifs is 3. The molecule has 0 radical (unpaired) electrons. The molecule has 4 aromatic rings. The Balaban J connectivity index is 0.00000324. The fraction of sp³-hybridized carbons (Fsp3) is 0.407. The number of nitrogens with zero attached hydrogens (tertiary/aromatic N) is 2. The molecule has 2 aromatic carbocycles. The number of aromatic nitrogens is 3. The van der Waals surface area contributed by atoms with Gasteiger partial charge >= 0.3 is 0 Å². The fourth-order valence-electron chi connectivity index (χ4n) is 4.01. The number of H-pyrrole nitrogens is 1. The number of hydrogen-bond donors (Lipinski definition) is 2. The van der Waals surface area contributed by atoms with Crippen molar-refractivity contribution in [3.8, 4) is 11.5 Å². The van der Waals surface area contributed by atoms with Gasteiger partial charge in [-0.05, 0) is 50.1 Å². The first-order chi connectivity index (χ1) is 16.2. The van der Waals surface area contributed by atoms with Crippen LogP contribution in [-0.4, -0.2) is 28.2 Å². The number of ether oxygens (including phenoxy) is 2. The Kier molecular flexibility index (Phi) is 9.40. The van der Waals surface area contributed by atoms with E-state index in [1.807, 2.05) is 37.3 Å². The van der Waals surface area contributed by atoms with Crippen molar-refractivity contribution in [2.45, 2.75) is 59.3 Å². The molecule has 182 valence electrons. The van der Waals surface area contributed by atoms with Crippen molar-refractivity contribution in [3.63, 3.8) is 0 Å². The van der Waals surface area contributed by atoms with E-state index < -0.39 is 0 Å². The lowest BCUT2D eigenvalue weighted by atomic mass is 10.1. The Labute approximate surface area is 207 Å². The first kappa shape index (κ1) is 25.6. The standard InChI is InChI=1S/C27H34N4O2.ClH/c1-4-6-8-14-32-24-13-10-20(17-25(24)33-15-9-7-5-2)31-23-16-19(3)30-21-11-12-22-27(26(21)23)29-18-28-22;/h10-13,16-18H,4-9,14-15H2,1-3H3,(H,28,29)(H,30,31);1H. The summed E-state index contributed by atoms with van der Waals surface area (Å²) in [6.45, 7) is 7.80.